The van der Waals surface area contributed by atoms with Crippen LogP contribution in [0.5, 0.6) is 0 Å². The third kappa shape index (κ3) is 4.28. The molecule has 0 unspecified atom stereocenters. The normalized spacial score (nSPS) is 11.8. The fourth-order valence-corrected chi connectivity index (χ4v) is 1.96. The van der Waals surface area contributed by atoms with Gasteiger partial charge in [-0.1, -0.05) is 6.92 Å². The Morgan fingerprint density at radius 3 is 2.35 bits per heavy atom. The minimum absolute atomic E-state index is 0.0926. The van der Waals surface area contributed by atoms with Crippen molar-refractivity contribution in [2.75, 3.05) is 23.3 Å². The van der Waals surface area contributed by atoms with E-state index >= 15 is 0 Å². The molecule has 0 aliphatic carbocycles. The standard InChI is InChI=1S/C14H22F3N3/c1-5-7-18-12-8-11(14(15,16)17)9-13(19-12)20(6-2)10(3)4/h8-10H,5-7H2,1-4H3,(H,18,19). The van der Waals surface area contributed by atoms with Crippen molar-refractivity contribution in [3.63, 3.8) is 0 Å². The molecule has 3 nitrogen and oxygen atoms in total. The molecule has 0 amide bonds. The molecule has 20 heavy (non-hydrogen) atoms. The summed E-state index contributed by atoms with van der Waals surface area (Å²) in [5.74, 6) is 0.631. The van der Waals surface area contributed by atoms with Crippen LogP contribution >= 0.6 is 0 Å². The maximum absolute atomic E-state index is 13.0. The molecule has 0 saturated carbocycles. The highest BCUT2D eigenvalue weighted by atomic mass is 19.4. The maximum atomic E-state index is 13.0. The number of aromatic nitrogens is 1. The topological polar surface area (TPSA) is 28.2 Å². The lowest BCUT2D eigenvalue weighted by Gasteiger charge is -2.27. The summed E-state index contributed by atoms with van der Waals surface area (Å²) < 4.78 is 38.9. The van der Waals surface area contributed by atoms with Crippen LogP contribution in [0.1, 0.15) is 39.7 Å². The molecule has 0 saturated heterocycles. The fourth-order valence-electron chi connectivity index (χ4n) is 1.96. The van der Waals surface area contributed by atoms with E-state index in [0.717, 1.165) is 18.6 Å². The average molecular weight is 289 g/mol. The lowest BCUT2D eigenvalue weighted by atomic mass is 10.2. The molecule has 0 spiro atoms. The first kappa shape index (κ1) is 16.6. The number of rotatable bonds is 6. The third-order valence-corrected chi connectivity index (χ3v) is 2.95. The second-order valence-electron chi connectivity index (χ2n) is 4.90. The van der Waals surface area contributed by atoms with Gasteiger partial charge in [0.05, 0.1) is 5.56 Å². The van der Waals surface area contributed by atoms with Gasteiger partial charge in [0, 0.05) is 19.1 Å². The molecule has 1 rings (SSSR count). The molecule has 114 valence electrons. The number of hydrogen-bond acceptors (Lipinski definition) is 3. The van der Waals surface area contributed by atoms with Crippen molar-refractivity contribution in [3.8, 4) is 0 Å². The van der Waals surface area contributed by atoms with Crippen molar-refractivity contribution in [1.29, 1.82) is 0 Å². The first-order valence-corrected chi connectivity index (χ1v) is 6.89. The largest absolute Gasteiger partial charge is 0.416 e. The monoisotopic (exact) mass is 289 g/mol. The maximum Gasteiger partial charge on any atom is 0.416 e. The molecule has 0 aliphatic heterocycles. The van der Waals surface area contributed by atoms with E-state index < -0.39 is 11.7 Å². The number of nitrogens with zero attached hydrogens (tertiary/aromatic N) is 2. The van der Waals surface area contributed by atoms with Gasteiger partial charge in [-0.3, -0.25) is 0 Å². The first-order valence-electron chi connectivity index (χ1n) is 6.89. The van der Waals surface area contributed by atoms with E-state index in [1.165, 1.54) is 0 Å². The number of halogens is 3. The van der Waals surface area contributed by atoms with Gasteiger partial charge in [-0.25, -0.2) is 4.98 Å². The summed E-state index contributed by atoms with van der Waals surface area (Å²) in [6, 6.07) is 2.27. The predicted molar refractivity (Wildman–Crippen MR) is 76.2 cm³/mol. The van der Waals surface area contributed by atoms with Crippen LogP contribution < -0.4 is 10.2 Å². The molecular formula is C14H22F3N3. The zero-order valence-electron chi connectivity index (χ0n) is 12.4. The second-order valence-corrected chi connectivity index (χ2v) is 4.90. The van der Waals surface area contributed by atoms with Gasteiger partial charge in [-0.05, 0) is 39.3 Å². The molecule has 1 aromatic rings. The number of hydrogen-bond donors (Lipinski definition) is 1. The number of pyridine rings is 1. The highest BCUT2D eigenvalue weighted by Gasteiger charge is 2.32. The Labute approximate surface area is 118 Å². The quantitative estimate of drug-likeness (QED) is 0.852. The third-order valence-electron chi connectivity index (χ3n) is 2.95. The Kier molecular flexibility index (Phi) is 5.65. The lowest BCUT2D eigenvalue weighted by molar-refractivity contribution is -0.137. The van der Waals surface area contributed by atoms with Crippen molar-refractivity contribution in [1.82, 2.24) is 4.98 Å². The van der Waals surface area contributed by atoms with Crippen molar-refractivity contribution < 1.29 is 13.2 Å². The van der Waals surface area contributed by atoms with E-state index in [4.69, 9.17) is 0 Å². The molecule has 1 aromatic heterocycles. The number of anilines is 2. The smallest absolute Gasteiger partial charge is 0.370 e. The van der Waals surface area contributed by atoms with Crippen molar-refractivity contribution >= 4 is 11.6 Å². The van der Waals surface area contributed by atoms with Crippen LogP contribution in [0.3, 0.4) is 0 Å². The molecule has 0 aromatic carbocycles. The number of nitrogens with one attached hydrogen (secondary N) is 1. The molecule has 0 aliphatic rings. The van der Waals surface area contributed by atoms with Gasteiger partial charge in [0.15, 0.2) is 0 Å². The van der Waals surface area contributed by atoms with Crippen LogP contribution in [-0.2, 0) is 6.18 Å². The summed E-state index contributed by atoms with van der Waals surface area (Å²) in [4.78, 5) is 6.13. The summed E-state index contributed by atoms with van der Waals surface area (Å²) in [5, 5.41) is 2.93. The summed E-state index contributed by atoms with van der Waals surface area (Å²) in [6.07, 6.45) is -3.54. The molecule has 0 bridgehead atoms. The zero-order chi connectivity index (χ0) is 15.3. The summed E-state index contributed by atoms with van der Waals surface area (Å²) >= 11 is 0. The predicted octanol–water partition coefficient (Wildman–Crippen LogP) is 4.16. The van der Waals surface area contributed by atoms with Crippen LogP contribution in [0.4, 0.5) is 24.8 Å². The number of alkyl halides is 3. The average Bonchev–Trinajstić information content (AvgIpc) is 2.35. The fraction of sp³-hybridized carbons (Fsp3) is 0.643. The Bertz CT molecular complexity index is 430. The van der Waals surface area contributed by atoms with Crippen LogP contribution in [0.2, 0.25) is 0 Å². The minimum atomic E-state index is -4.36. The molecule has 1 heterocycles. The molecular weight excluding hydrogens is 267 g/mol. The van der Waals surface area contributed by atoms with Crippen LogP contribution in [-0.4, -0.2) is 24.1 Å². The molecule has 1 N–H and O–H groups in total. The first-order chi connectivity index (χ1) is 9.29. The van der Waals surface area contributed by atoms with Gasteiger partial charge in [0.1, 0.15) is 11.6 Å². The van der Waals surface area contributed by atoms with Crippen molar-refractivity contribution in [2.45, 2.75) is 46.3 Å². The van der Waals surface area contributed by atoms with Gasteiger partial charge in [0.25, 0.3) is 0 Å². The van der Waals surface area contributed by atoms with Gasteiger partial charge in [0.2, 0.25) is 0 Å². The van der Waals surface area contributed by atoms with Crippen molar-refractivity contribution in [3.05, 3.63) is 17.7 Å². The van der Waals surface area contributed by atoms with Gasteiger partial charge in [-0.2, -0.15) is 13.2 Å². The van der Waals surface area contributed by atoms with Crippen molar-refractivity contribution in [2.24, 2.45) is 0 Å². The Hall–Kier alpha value is -1.46. The lowest BCUT2D eigenvalue weighted by Crippen LogP contribution is -2.31. The van der Waals surface area contributed by atoms with E-state index in [2.05, 4.69) is 10.3 Å². The van der Waals surface area contributed by atoms with E-state index in [9.17, 15) is 13.2 Å². The van der Waals surface area contributed by atoms with Crippen LogP contribution in [0.25, 0.3) is 0 Å². The Morgan fingerprint density at radius 2 is 1.90 bits per heavy atom. The highest BCUT2D eigenvalue weighted by Crippen LogP contribution is 2.33. The molecule has 0 radical (unpaired) electrons. The minimum Gasteiger partial charge on any atom is -0.370 e. The van der Waals surface area contributed by atoms with Crippen LogP contribution in [0.15, 0.2) is 12.1 Å². The Balaban J connectivity index is 3.22. The van der Waals surface area contributed by atoms with Gasteiger partial charge < -0.3 is 10.2 Å². The Morgan fingerprint density at radius 1 is 1.25 bits per heavy atom. The van der Waals surface area contributed by atoms with E-state index in [1.807, 2.05) is 32.6 Å². The van der Waals surface area contributed by atoms with E-state index in [1.54, 1.807) is 0 Å². The molecule has 0 atom stereocenters. The van der Waals surface area contributed by atoms with Gasteiger partial charge in [-0.15, -0.1) is 0 Å². The van der Waals surface area contributed by atoms with E-state index in [0.29, 0.717) is 18.9 Å². The SMILES string of the molecule is CCCNc1cc(C(F)(F)F)cc(N(CC)C(C)C)n1. The van der Waals surface area contributed by atoms with Gasteiger partial charge >= 0.3 is 6.18 Å². The summed E-state index contributed by atoms with van der Waals surface area (Å²) in [6.45, 7) is 8.94. The zero-order valence-corrected chi connectivity index (χ0v) is 12.4. The molecule has 6 heteroatoms. The second kappa shape index (κ2) is 6.81. The van der Waals surface area contributed by atoms with Crippen LogP contribution in [0, 0.1) is 0 Å². The summed E-state index contributed by atoms with van der Waals surface area (Å²) in [5.41, 5.74) is -0.666. The molecule has 0 fully saturated rings. The van der Waals surface area contributed by atoms with E-state index in [-0.39, 0.29) is 11.9 Å². The highest BCUT2D eigenvalue weighted by molar-refractivity contribution is 5.51. The summed E-state index contributed by atoms with van der Waals surface area (Å²) in [7, 11) is 0.